The van der Waals surface area contributed by atoms with E-state index >= 15 is 0 Å². The van der Waals surface area contributed by atoms with Crippen LogP contribution in [0.5, 0.6) is 0 Å². The molecule has 0 aliphatic rings. The fraction of sp³-hybridized carbons (Fsp3) is 1.00. The van der Waals surface area contributed by atoms with E-state index in [2.05, 4.69) is 0 Å². The zero-order chi connectivity index (χ0) is 24.5. The third-order valence-electron chi connectivity index (χ3n) is 3.16. The topological polar surface area (TPSA) is 19.9 Å². The van der Waals surface area contributed by atoms with Crippen LogP contribution in [0.3, 0.4) is 0 Å². The maximum absolute atomic E-state index is 13.1. The Hall–Kier alpha value is -1.37. The van der Waals surface area contributed by atoms with Gasteiger partial charge in [0.1, 0.15) is 0 Å². The largest absolute Gasteiger partial charge is 0.452 e. The van der Waals surface area contributed by atoms with Gasteiger partial charge in [0.05, 0.1) is 0 Å². The molecule has 0 N–H and O–H groups in total. The number of hydrogen-bond donors (Lipinski definition) is 0. The van der Waals surface area contributed by atoms with Crippen LogP contribution in [0.1, 0.15) is 0 Å². The molecule has 0 aromatic heterocycles. The molecular formula is C9F19O. The molecule has 0 bridgehead atoms. The lowest BCUT2D eigenvalue weighted by atomic mass is 9.84. The fourth-order valence-corrected chi connectivity index (χ4v) is 1.51. The Morgan fingerprint density at radius 2 is 0.517 bits per heavy atom. The molecule has 1 nitrogen and oxygen atoms in total. The first-order chi connectivity index (χ1) is 12.0. The molecule has 0 atom stereocenters. The molecule has 0 saturated carbocycles. The van der Waals surface area contributed by atoms with Crippen molar-refractivity contribution in [2.45, 2.75) is 53.7 Å². The fourth-order valence-electron chi connectivity index (χ4n) is 1.51. The van der Waals surface area contributed by atoms with Crippen molar-refractivity contribution in [1.82, 2.24) is 0 Å². The first-order valence-corrected chi connectivity index (χ1v) is 5.79. The zero-order valence-electron chi connectivity index (χ0n) is 12.1. The third-order valence-corrected chi connectivity index (χ3v) is 3.16. The van der Waals surface area contributed by atoms with Crippen LogP contribution in [-0.4, -0.2) is 53.7 Å². The molecule has 0 amide bonds. The molecule has 20 heteroatoms. The van der Waals surface area contributed by atoms with Crippen LogP contribution < -0.4 is 0 Å². The van der Waals surface area contributed by atoms with Crippen molar-refractivity contribution >= 4 is 0 Å². The van der Waals surface area contributed by atoms with E-state index in [1.54, 1.807) is 0 Å². The minimum absolute atomic E-state index is 7.70. The highest BCUT2D eigenvalue weighted by atomic mass is 19.4. The van der Waals surface area contributed by atoms with Crippen LogP contribution in [0.2, 0.25) is 0 Å². The van der Waals surface area contributed by atoms with Crippen LogP contribution in [0.15, 0.2) is 0 Å². The predicted octanol–water partition coefficient (Wildman–Crippen LogP) is 6.02. The van der Waals surface area contributed by atoms with Crippen molar-refractivity contribution in [3.63, 3.8) is 0 Å². The van der Waals surface area contributed by atoms with Gasteiger partial charge in [0.25, 0.3) is 0 Å². The van der Waals surface area contributed by atoms with Crippen molar-refractivity contribution in [1.29, 1.82) is 0 Å². The van der Waals surface area contributed by atoms with Gasteiger partial charge in [0, 0.05) is 0 Å². The summed E-state index contributed by atoms with van der Waals surface area (Å²) < 4.78 is 238. The second kappa shape index (κ2) is 6.32. The summed E-state index contributed by atoms with van der Waals surface area (Å²) in [5, 5.41) is 9.55. The molecule has 0 unspecified atom stereocenters. The first kappa shape index (κ1) is 27.6. The van der Waals surface area contributed by atoms with Crippen molar-refractivity contribution in [3.05, 3.63) is 0 Å². The average molecular weight is 485 g/mol. The summed E-state index contributed by atoms with van der Waals surface area (Å²) in [5.41, 5.74) is -8.77. The molecule has 1 radical (unpaired) electrons. The summed E-state index contributed by atoms with van der Waals surface area (Å²) in [6, 6.07) is 0. The highest BCUT2D eigenvalue weighted by molar-refractivity contribution is 5.18. The molecular weight excluding hydrogens is 485 g/mol. The van der Waals surface area contributed by atoms with E-state index in [1.165, 1.54) is 0 Å². The van der Waals surface area contributed by atoms with Crippen molar-refractivity contribution in [3.8, 4) is 0 Å². The maximum Gasteiger partial charge on any atom is 0.452 e. The summed E-state index contributed by atoms with van der Waals surface area (Å²) in [7, 11) is 0. The smallest absolute Gasteiger partial charge is 0.216 e. The first-order valence-electron chi connectivity index (χ1n) is 5.79. The van der Waals surface area contributed by atoms with Gasteiger partial charge in [0.15, 0.2) is 0 Å². The summed E-state index contributed by atoms with van der Waals surface area (Å²) in [6.07, 6.45) is -24.3. The molecule has 0 heterocycles. The summed E-state index contributed by atoms with van der Waals surface area (Å²) in [4.78, 5) is 0. The lowest BCUT2D eigenvalue weighted by Crippen LogP contribution is -2.77. The van der Waals surface area contributed by atoms with Gasteiger partial charge in [0.2, 0.25) is 0 Å². The minimum Gasteiger partial charge on any atom is -0.216 e. The van der Waals surface area contributed by atoms with Gasteiger partial charge in [-0.2, -0.15) is 84.1 Å². The number of rotatable bonds is 6. The van der Waals surface area contributed by atoms with E-state index in [4.69, 9.17) is 0 Å². The monoisotopic (exact) mass is 485 g/mol. The minimum atomic E-state index is -9.09. The SMILES string of the molecule is [O]C(F)(F)C(F)(F)C(F)(F)C(F)(F)C(F)(F)C(F)(F)C(F)(C(F)(F)F)C(F)(F)F. The Labute approximate surface area is 144 Å². The van der Waals surface area contributed by atoms with Crippen molar-refractivity contribution < 1.29 is 88.5 Å². The summed E-state index contributed by atoms with van der Waals surface area (Å²) >= 11 is 0. The van der Waals surface area contributed by atoms with Crippen LogP contribution in [0.25, 0.3) is 0 Å². The quantitative estimate of drug-likeness (QED) is 0.411. The highest BCUT2D eigenvalue weighted by Crippen LogP contribution is 2.66. The van der Waals surface area contributed by atoms with E-state index in [0.717, 1.165) is 0 Å². The van der Waals surface area contributed by atoms with Crippen LogP contribution in [-0.2, 0) is 5.11 Å². The molecule has 0 saturated heterocycles. The molecule has 0 spiro atoms. The molecule has 175 valence electrons. The van der Waals surface area contributed by atoms with Crippen LogP contribution in [0, 0.1) is 0 Å². The summed E-state index contributed by atoms with van der Waals surface area (Å²) in [6.45, 7) is 0. The van der Waals surface area contributed by atoms with E-state index in [1.807, 2.05) is 0 Å². The standard InChI is InChI=1S/C9F19O/c10-1(7(21,22)23,8(24,25)26)2(11,12)3(13,14)4(15,16)5(17,18)6(19,20)9(27,28)29. The Kier molecular flexibility index (Phi) is 6.02. The van der Waals surface area contributed by atoms with Gasteiger partial charge in [-0.3, -0.25) is 0 Å². The zero-order valence-corrected chi connectivity index (χ0v) is 12.1. The molecule has 0 fully saturated rings. The number of halogens is 19. The molecule has 0 aliphatic carbocycles. The van der Waals surface area contributed by atoms with Gasteiger partial charge in [-0.05, 0) is 0 Å². The lowest BCUT2D eigenvalue weighted by Gasteiger charge is -2.44. The second-order valence-electron chi connectivity index (χ2n) is 5.04. The van der Waals surface area contributed by atoms with Gasteiger partial charge in [-0.25, -0.2) is 4.39 Å². The molecule has 0 rings (SSSR count). The number of hydrogen-bond acceptors (Lipinski definition) is 0. The van der Waals surface area contributed by atoms with Gasteiger partial charge in [-0.15, -0.1) is 0 Å². The van der Waals surface area contributed by atoms with Gasteiger partial charge < -0.3 is 0 Å². The van der Waals surface area contributed by atoms with Crippen LogP contribution >= 0.6 is 0 Å². The Bertz CT molecular complexity index is 589. The Morgan fingerprint density at radius 3 is 0.724 bits per heavy atom. The van der Waals surface area contributed by atoms with E-state index in [9.17, 15) is 88.5 Å². The van der Waals surface area contributed by atoms with Crippen molar-refractivity contribution in [2.24, 2.45) is 0 Å². The highest BCUT2D eigenvalue weighted by Gasteiger charge is 2.98. The lowest BCUT2D eigenvalue weighted by molar-refractivity contribution is -0.485. The maximum atomic E-state index is 13.1. The normalized spacial score (nSPS) is 17.0. The molecule has 0 aromatic carbocycles. The van der Waals surface area contributed by atoms with Crippen molar-refractivity contribution in [2.75, 3.05) is 0 Å². The Morgan fingerprint density at radius 1 is 0.310 bits per heavy atom. The third kappa shape index (κ3) is 3.24. The van der Waals surface area contributed by atoms with E-state index in [0.29, 0.717) is 0 Å². The van der Waals surface area contributed by atoms with Gasteiger partial charge in [-0.1, -0.05) is 0 Å². The van der Waals surface area contributed by atoms with E-state index in [-0.39, 0.29) is 0 Å². The predicted molar refractivity (Wildman–Crippen MR) is 46.3 cm³/mol. The molecule has 0 aliphatic heterocycles. The Balaban J connectivity index is 7.04. The van der Waals surface area contributed by atoms with E-state index < -0.39 is 53.7 Å². The van der Waals surface area contributed by atoms with Crippen LogP contribution in [0.4, 0.5) is 83.4 Å². The molecule has 0 aromatic rings. The second-order valence-corrected chi connectivity index (χ2v) is 5.04. The summed E-state index contributed by atoms with van der Waals surface area (Å²) in [5.74, 6) is -44.1. The molecule has 29 heavy (non-hydrogen) atoms. The average Bonchev–Trinajstić information content (AvgIpc) is 2.41. The number of alkyl halides is 19. The van der Waals surface area contributed by atoms with Gasteiger partial charge >= 0.3 is 53.7 Å².